The van der Waals surface area contributed by atoms with Crippen LogP contribution in [0.4, 0.5) is 5.82 Å². The van der Waals surface area contributed by atoms with Gasteiger partial charge in [0.1, 0.15) is 11.3 Å². The van der Waals surface area contributed by atoms with Gasteiger partial charge in [0.05, 0.1) is 16.7 Å². The molecule has 0 aromatic carbocycles. The first-order chi connectivity index (χ1) is 8.93. The molecule has 0 saturated carbocycles. The van der Waals surface area contributed by atoms with E-state index in [1.54, 1.807) is 6.20 Å². The van der Waals surface area contributed by atoms with Gasteiger partial charge in [-0.3, -0.25) is 4.90 Å². The van der Waals surface area contributed by atoms with E-state index >= 15 is 0 Å². The van der Waals surface area contributed by atoms with Gasteiger partial charge in [-0.15, -0.1) is 0 Å². The van der Waals surface area contributed by atoms with Gasteiger partial charge in [-0.1, -0.05) is 23.8 Å². The predicted molar refractivity (Wildman–Crippen MR) is 81.7 cm³/mol. The van der Waals surface area contributed by atoms with Crippen molar-refractivity contribution in [2.24, 2.45) is 5.73 Å². The Kier molecular flexibility index (Phi) is 4.23. The van der Waals surface area contributed by atoms with Gasteiger partial charge in [-0.25, -0.2) is 9.97 Å². The average Bonchev–Trinajstić information content (AvgIpc) is 2.39. The van der Waals surface area contributed by atoms with Gasteiger partial charge in [-0.05, 0) is 13.8 Å². The van der Waals surface area contributed by atoms with Crippen LogP contribution in [0.15, 0.2) is 12.5 Å². The monoisotopic (exact) mass is 299 g/mol. The first-order valence-corrected chi connectivity index (χ1v) is 6.97. The molecule has 0 bridgehead atoms. The third-order valence-electron chi connectivity index (χ3n) is 3.62. The number of hydrogen-bond donors (Lipinski definition) is 1. The molecule has 0 aliphatic carbocycles. The van der Waals surface area contributed by atoms with Crippen LogP contribution >= 0.6 is 23.8 Å². The van der Waals surface area contributed by atoms with Gasteiger partial charge < -0.3 is 10.6 Å². The summed E-state index contributed by atoms with van der Waals surface area (Å²) in [4.78, 5) is 13.1. The number of piperazine rings is 1. The van der Waals surface area contributed by atoms with Crippen molar-refractivity contribution in [3.05, 3.63) is 17.5 Å². The fourth-order valence-corrected chi connectivity index (χ4v) is 2.53. The topological polar surface area (TPSA) is 58.3 Å². The molecule has 19 heavy (non-hydrogen) atoms. The minimum atomic E-state index is -0.253. The average molecular weight is 300 g/mol. The SMILES string of the molecule is CC(C)(C(N)=S)N1CCN(c2ncncc2Cl)CC1. The standard InChI is InChI=1S/C12H18ClN5S/c1-12(2,11(14)19)18-5-3-17(4-6-18)10-9(13)7-15-8-16-10/h7-8H,3-6H2,1-2H3,(H2,14,19). The maximum Gasteiger partial charge on any atom is 0.150 e. The molecule has 0 amide bonds. The molecule has 1 saturated heterocycles. The lowest BCUT2D eigenvalue weighted by atomic mass is 10.0. The largest absolute Gasteiger partial charge is 0.392 e. The highest BCUT2D eigenvalue weighted by atomic mass is 35.5. The molecule has 1 aromatic heterocycles. The van der Waals surface area contributed by atoms with Gasteiger partial charge in [-0.2, -0.15) is 0 Å². The highest BCUT2D eigenvalue weighted by molar-refractivity contribution is 7.80. The van der Waals surface area contributed by atoms with Gasteiger partial charge in [0.2, 0.25) is 0 Å². The highest BCUT2D eigenvalue weighted by Crippen LogP contribution is 2.24. The second-order valence-corrected chi connectivity index (χ2v) is 5.94. The lowest BCUT2D eigenvalue weighted by molar-refractivity contribution is 0.168. The molecule has 0 spiro atoms. The van der Waals surface area contributed by atoms with E-state index < -0.39 is 0 Å². The number of nitrogens with zero attached hydrogens (tertiary/aromatic N) is 4. The van der Waals surface area contributed by atoms with Crippen LogP contribution in [0.25, 0.3) is 0 Å². The Morgan fingerprint density at radius 3 is 2.53 bits per heavy atom. The zero-order chi connectivity index (χ0) is 14.0. The molecule has 0 unspecified atom stereocenters. The zero-order valence-electron chi connectivity index (χ0n) is 11.1. The van der Waals surface area contributed by atoms with E-state index in [9.17, 15) is 0 Å². The molecule has 7 heteroatoms. The molecular weight excluding hydrogens is 282 g/mol. The molecule has 1 fully saturated rings. The molecule has 0 radical (unpaired) electrons. The molecule has 0 atom stereocenters. The van der Waals surface area contributed by atoms with Crippen LogP contribution in [0.2, 0.25) is 5.02 Å². The van der Waals surface area contributed by atoms with E-state index in [4.69, 9.17) is 29.6 Å². The van der Waals surface area contributed by atoms with Gasteiger partial charge in [0, 0.05) is 26.2 Å². The van der Waals surface area contributed by atoms with E-state index in [1.807, 2.05) is 0 Å². The first kappa shape index (κ1) is 14.4. The summed E-state index contributed by atoms with van der Waals surface area (Å²) in [5, 5.41) is 0.588. The lowest BCUT2D eigenvalue weighted by Crippen LogP contribution is -2.59. The Balaban J connectivity index is 2.04. The second-order valence-electron chi connectivity index (χ2n) is 5.09. The summed E-state index contributed by atoms with van der Waals surface area (Å²) in [6.45, 7) is 7.58. The van der Waals surface area contributed by atoms with Crippen molar-refractivity contribution >= 4 is 34.6 Å². The normalized spacial score (nSPS) is 17.5. The predicted octanol–water partition coefficient (Wildman–Crippen LogP) is 1.32. The van der Waals surface area contributed by atoms with Crippen molar-refractivity contribution in [3.8, 4) is 0 Å². The summed E-state index contributed by atoms with van der Waals surface area (Å²) in [7, 11) is 0. The van der Waals surface area contributed by atoms with E-state index in [0.717, 1.165) is 32.0 Å². The number of anilines is 1. The third-order valence-corrected chi connectivity index (χ3v) is 4.39. The molecule has 2 rings (SSSR count). The molecule has 1 aliphatic rings. The number of rotatable bonds is 3. The number of nitrogens with two attached hydrogens (primary N) is 1. The summed E-state index contributed by atoms with van der Waals surface area (Å²) < 4.78 is 0. The Bertz CT molecular complexity index is 471. The van der Waals surface area contributed by atoms with E-state index in [1.165, 1.54) is 6.33 Å². The number of thiocarbonyl (C=S) groups is 1. The molecule has 104 valence electrons. The van der Waals surface area contributed by atoms with Crippen LogP contribution in [0.5, 0.6) is 0 Å². The Hall–Kier alpha value is -0.980. The Labute approximate surface area is 123 Å². The Morgan fingerprint density at radius 1 is 1.37 bits per heavy atom. The Morgan fingerprint density at radius 2 is 2.00 bits per heavy atom. The highest BCUT2D eigenvalue weighted by Gasteiger charge is 2.32. The van der Waals surface area contributed by atoms with Gasteiger partial charge in [0.15, 0.2) is 5.82 Å². The van der Waals surface area contributed by atoms with Gasteiger partial charge in [0.25, 0.3) is 0 Å². The minimum Gasteiger partial charge on any atom is -0.392 e. The molecule has 5 nitrogen and oxygen atoms in total. The summed E-state index contributed by atoms with van der Waals surface area (Å²) in [6.07, 6.45) is 3.14. The molecular formula is C12H18ClN5S. The van der Waals surface area contributed by atoms with Crippen molar-refractivity contribution in [3.63, 3.8) is 0 Å². The zero-order valence-corrected chi connectivity index (χ0v) is 12.7. The maximum absolute atomic E-state index is 6.11. The molecule has 2 N–H and O–H groups in total. The van der Waals surface area contributed by atoms with E-state index in [-0.39, 0.29) is 5.54 Å². The lowest BCUT2D eigenvalue weighted by Gasteiger charge is -2.43. The molecule has 2 heterocycles. The van der Waals surface area contributed by atoms with E-state index in [0.29, 0.717) is 10.0 Å². The number of hydrogen-bond acceptors (Lipinski definition) is 5. The number of aromatic nitrogens is 2. The first-order valence-electron chi connectivity index (χ1n) is 6.18. The van der Waals surface area contributed by atoms with Crippen LogP contribution in [-0.4, -0.2) is 51.6 Å². The quantitative estimate of drug-likeness (QED) is 0.850. The van der Waals surface area contributed by atoms with Crippen LogP contribution in [0.1, 0.15) is 13.8 Å². The van der Waals surface area contributed by atoms with Crippen molar-refractivity contribution in [1.82, 2.24) is 14.9 Å². The minimum absolute atomic E-state index is 0.253. The van der Waals surface area contributed by atoms with Gasteiger partial charge >= 0.3 is 0 Å². The number of halogens is 1. The maximum atomic E-state index is 6.11. The van der Waals surface area contributed by atoms with Crippen molar-refractivity contribution in [1.29, 1.82) is 0 Å². The van der Waals surface area contributed by atoms with Crippen molar-refractivity contribution in [2.45, 2.75) is 19.4 Å². The smallest absolute Gasteiger partial charge is 0.150 e. The van der Waals surface area contributed by atoms with E-state index in [2.05, 4.69) is 33.6 Å². The van der Waals surface area contributed by atoms with Crippen LogP contribution in [-0.2, 0) is 0 Å². The summed E-state index contributed by atoms with van der Waals surface area (Å²) in [6, 6.07) is 0. The van der Waals surface area contributed by atoms with Crippen molar-refractivity contribution < 1.29 is 0 Å². The summed E-state index contributed by atoms with van der Waals surface area (Å²) in [5.41, 5.74) is 5.55. The fraction of sp³-hybridized carbons (Fsp3) is 0.583. The molecule has 1 aliphatic heterocycles. The van der Waals surface area contributed by atoms with Crippen LogP contribution in [0, 0.1) is 0 Å². The second kappa shape index (κ2) is 5.56. The van der Waals surface area contributed by atoms with Crippen molar-refractivity contribution in [2.75, 3.05) is 31.1 Å². The summed E-state index contributed by atoms with van der Waals surface area (Å²) >= 11 is 11.3. The third kappa shape index (κ3) is 2.96. The van der Waals surface area contributed by atoms with Crippen LogP contribution < -0.4 is 10.6 Å². The molecule has 1 aromatic rings. The summed E-state index contributed by atoms with van der Waals surface area (Å²) in [5.74, 6) is 0.796. The van der Waals surface area contributed by atoms with Crippen LogP contribution in [0.3, 0.4) is 0 Å². The fourth-order valence-electron chi connectivity index (χ4n) is 2.17.